The van der Waals surface area contributed by atoms with Gasteiger partial charge in [-0.15, -0.1) is 0 Å². The Morgan fingerprint density at radius 3 is 2.14 bits per heavy atom. The Morgan fingerprint density at radius 1 is 0.857 bits per heavy atom. The highest BCUT2D eigenvalue weighted by molar-refractivity contribution is 4.92. The van der Waals surface area contributed by atoms with E-state index in [0.717, 1.165) is 19.4 Å². The molecule has 122 valence electrons. The molecular weight excluding hydrogens is 262 g/mol. The molecule has 21 heavy (non-hydrogen) atoms. The van der Waals surface area contributed by atoms with E-state index in [1.54, 1.807) is 0 Å². The fraction of sp³-hybridized carbons (Fsp3) is 1.00. The van der Waals surface area contributed by atoms with Crippen LogP contribution in [0.5, 0.6) is 0 Å². The second kappa shape index (κ2) is 6.97. The van der Waals surface area contributed by atoms with Gasteiger partial charge in [-0.3, -0.25) is 0 Å². The summed E-state index contributed by atoms with van der Waals surface area (Å²) in [5.74, 6) is 0. The first-order valence-electron chi connectivity index (χ1n) is 9.28. The van der Waals surface area contributed by atoms with E-state index in [4.69, 9.17) is 15.2 Å². The van der Waals surface area contributed by atoms with Gasteiger partial charge in [0.25, 0.3) is 0 Å². The third kappa shape index (κ3) is 3.80. The molecule has 0 bridgehead atoms. The molecule has 1 aliphatic heterocycles. The summed E-state index contributed by atoms with van der Waals surface area (Å²) in [5, 5.41) is 0. The molecule has 0 aromatic heterocycles. The van der Waals surface area contributed by atoms with Gasteiger partial charge in [0.2, 0.25) is 0 Å². The summed E-state index contributed by atoms with van der Waals surface area (Å²) >= 11 is 0. The lowest BCUT2D eigenvalue weighted by molar-refractivity contribution is -0.125. The van der Waals surface area contributed by atoms with Crippen LogP contribution in [-0.4, -0.2) is 30.5 Å². The van der Waals surface area contributed by atoms with Gasteiger partial charge >= 0.3 is 0 Å². The van der Waals surface area contributed by atoms with Crippen LogP contribution in [-0.2, 0) is 9.47 Å². The molecule has 1 atom stereocenters. The van der Waals surface area contributed by atoms with Gasteiger partial charge in [0.1, 0.15) is 0 Å². The molecule has 2 saturated carbocycles. The van der Waals surface area contributed by atoms with Crippen molar-refractivity contribution in [1.82, 2.24) is 0 Å². The monoisotopic (exact) mass is 295 g/mol. The molecule has 1 unspecified atom stereocenters. The average Bonchev–Trinajstić information content (AvgIpc) is 2.76. The fourth-order valence-electron chi connectivity index (χ4n) is 4.63. The van der Waals surface area contributed by atoms with Gasteiger partial charge < -0.3 is 15.2 Å². The maximum absolute atomic E-state index is 6.44. The van der Waals surface area contributed by atoms with Gasteiger partial charge in [-0.1, -0.05) is 44.9 Å². The van der Waals surface area contributed by atoms with Crippen LogP contribution in [0.15, 0.2) is 0 Å². The van der Waals surface area contributed by atoms with Crippen LogP contribution in [0.3, 0.4) is 0 Å². The van der Waals surface area contributed by atoms with E-state index >= 15 is 0 Å². The Balaban J connectivity index is 1.50. The van der Waals surface area contributed by atoms with Crippen LogP contribution < -0.4 is 5.73 Å². The van der Waals surface area contributed by atoms with Crippen molar-refractivity contribution in [1.29, 1.82) is 0 Å². The van der Waals surface area contributed by atoms with E-state index in [1.807, 2.05) is 0 Å². The van der Waals surface area contributed by atoms with E-state index < -0.39 is 0 Å². The highest BCUT2D eigenvalue weighted by Gasteiger charge is 2.41. The normalized spacial score (nSPS) is 32.1. The molecule has 0 aromatic rings. The lowest BCUT2D eigenvalue weighted by atomic mass is 9.83. The number of hydrogen-bond donors (Lipinski definition) is 1. The zero-order chi connectivity index (χ0) is 14.6. The van der Waals surface area contributed by atoms with E-state index in [-0.39, 0.29) is 11.2 Å². The molecule has 1 heterocycles. The minimum Gasteiger partial charge on any atom is -0.371 e. The molecule has 3 fully saturated rings. The van der Waals surface area contributed by atoms with Crippen molar-refractivity contribution in [2.45, 2.75) is 101 Å². The van der Waals surface area contributed by atoms with Crippen LogP contribution in [0.4, 0.5) is 0 Å². The Labute approximate surface area is 129 Å². The Morgan fingerprint density at radius 2 is 1.48 bits per heavy atom. The first kappa shape index (κ1) is 15.8. The molecule has 2 N–H and O–H groups in total. The van der Waals surface area contributed by atoms with Crippen molar-refractivity contribution in [3.63, 3.8) is 0 Å². The predicted octanol–water partition coefficient (Wildman–Crippen LogP) is 3.94. The van der Waals surface area contributed by atoms with Crippen molar-refractivity contribution < 1.29 is 9.47 Å². The highest BCUT2D eigenvalue weighted by Crippen LogP contribution is 2.42. The largest absolute Gasteiger partial charge is 0.371 e. The third-order valence-corrected chi connectivity index (χ3v) is 6.07. The van der Waals surface area contributed by atoms with Crippen LogP contribution in [0.2, 0.25) is 0 Å². The molecule has 0 amide bonds. The lowest BCUT2D eigenvalue weighted by Crippen LogP contribution is -2.42. The number of ether oxygens (including phenoxy) is 2. The molecule has 3 rings (SSSR count). The number of hydrogen-bond acceptors (Lipinski definition) is 3. The Kier molecular flexibility index (Phi) is 5.23. The predicted molar refractivity (Wildman–Crippen MR) is 85.4 cm³/mol. The summed E-state index contributed by atoms with van der Waals surface area (Å²) in [5.41, 5.74) is 6.22. The second-order valence-electron chi connectivity index (χ2n) is 7.63. The van der Waals surface area contributed by atoms with E-state index in [1.165, 1.54) is 70.6 Å². The smallest absolute Gasteiger partial charge is 0.0817 e. The topological polar surface area (TPSA) is 44.5 Å². The van der Waals surface area contributed by atoms with Crippen LogP contribution in [0.25, 0.3) is 0 Å². The number of nitrogens with two attached hydrogens (primary N) is 1. The van der Waals surface area contributed by atoms with E-state index in [2.05, 4.69) is 0 Å². The molecule has 3 aliphatic rings. The van der Waals surface area contributed by atoms with E-state index in [0.29, 0.717) is 12.6 Å². The molecule has 1 spiro atoms. The van der Waals surface area contributed by atoms with Gasteiger partial charge in [-0.2, -0.15) is 0 Å². The van der Waals surface area contributed by atoms with Crippen molar-refractivity contribution in [2.24, 2.45) is 5.73 Å². The molecule has 0 aromatic carbocycles. The molecule has 2 aliphatic carbocycles. The molecule has 1 saturated heterocycles. The van der Waals surface area contributed by atoms with Gasteiger partial charge in [-0.05, 0) is 38.5 Å². The van der Waals surface area contributed by atoms with Crippen molar-refractivity contribution in [3.8, 4) is 0 Å². The SMILES string of the molecule is NCC1(OCC2CCC3(CCCCC3)O2)CCCCCC1. The summed E-state index contributed by atoms with van der Waals surface area (Å²) in [6, 6.07) is 0. The van der Waals surface area contributed by atoms with Gasteiger partial charge in [-0.25, -0.2) is 0 Å². The maximum atomic E-state index is 6.44. The van der Waals surface area contributed by atoms with Gasteiger partial charge in [0.15, 0.2) is 0 Å². The van der Waals surface area contributed by atoms with Crippen LogP contribution in [0.1, 0.15) is 83.5 Å². The Bertz CT molecular complexity index is 317. The van der Waals surface area contributed by atoms with Crippen molar-refractivity contribution >= 4 is 0 Å². The highest BCUT2D eigenvalue weighted by atomic mass is 16.6. The molecule has 3 nitrogen and oxygen atoms in total. The first-order chi connectivity index (χ1) is 10.3. The summed E-state index contributed by atoms with van der Waals surface area (Å²) < 4.78 is 12.8. The number of rotatable bonds is 4. The summed E-state index contributed by atoms with van der Waals surface area (Å²) in [4.78, 5) is 0. The first-order valence-corrected chi connectivity index (χ1v) is 9.28. The van der Waals surface area contributed by atoms with Gasteiger partial charge in [0.05, 0.1) is 23.9 Å². The third-order valence-electron chi connectivity index (χ3n) is 6.07. The standard InChI is InChI=1S/C18H33NO2/c19-15-18(11-4-1-2-5-12-18)20-14-16-8-13-17(21-16)9-6-3-7-10-17/h16H,1-15,19H2. The summed E-state index contributed by atoms with van der Waals surface area (Å²) in [7, 11) is 0. The minimum absolute atomic E-state index is 0.0534. The summed E-state index contributed by atoms with van der Waals surface area (Å²) in [6.45, 7) is 1.43. The van der Waals surface area contributed by atoms with Crippen molar-refractivity contribution in [3.05, 3.63) is 0 Å². The summed E-state index contributed by atoms with van der Waals surface area (Å²) in [6.07, 6.45) is 16.9. The van der Waals surface area contributed by atoms with Crippen molar-refractivity contribution in [2.75, 3.05) is 13.2 Å². The second-order valence-corrected chi connectivity index (χ2v) is 7.63. The lowest BCUT2D eigenvalue weighted by Gasteiger charge is -2.35. The zero-order valence-electron chi connectivity index (χ0n) is 13.6. The molecule has 0 radical (unpaired) electrons. The zero-order valence-corrected chi connectivity index (χ0v) is 13.6. The van der Waals surface area contributed by atoms with Crippen LogP contribution >= 0.6 is 0 Å². The Hall–Kier alpha value is -0.120. The van der Waals surface area contributed by atoms with E-state index in [9.17, 15) is 0 Å². The molecule has 3 heteroatoms. The minimum atomic E-state index is -0.0534. The average molecular weight is 295 g/mol. The molecular formula is C18H33NO2. The van der Waals surface area contributed by atoms with Gasteiger partial charge in [0, 0.05) is 6.54 Å². The fourth-order valence-corrected chi connectivity index (χ4v) is 4.63. The van der Waals surface area contributed by atoms with Crippen LogP contribution in [0, 0.1) is 0 Å². The quantitative estimate of drug-likeness (QED) is 0.799. The maximum Gasteiger partial charge on any atom is 0.0817 e.